The number of benzene rings is 2. The highest BCUT2D eigenvalue weighted by Gasteiger charge is 2.16. The Bertz CT molecular complexity index is 626. The molecule has 0 atom stereocenters. The van der Waals surface area contributed by atoms with Gasteiger partial charge in [0, 0.05) is 26.9 Å². The van der Waals surface area contributed by atoms with Gasteiger partial charge in [-0.05, 0) is 92.0 Å². The van der Waals surface area contributed by atoms with Gasteiger partial charge in [0.1, 0.15) is 0 Å². The summed E-state index contributed by atoms with van der Waals surface area (Å²) < 4.78 is 3.22. The van der Waals surface area contributed by atoms with Crippen molar-refractivity contribution in [3.8, 4) is 11.1 Å². The van der Waals surface area contributed by atoms with Gasteiger partial charge in [-0.3, -0.25) is 0 Å². The molecule has 0 bridgehead atoms. The molecule has 0 spiro atoms. The van der Waals surface area contributed by atoms with E-state index in [4.69, 9.17) is 34.8 Å². The first-order valence-corrected chi connectivity index (χ1v) is 8.99. The lowest BCUT2D eigenvalue weighted by atomic mass is 10.1. The van der Waals surface area contributed by atoms with E-state index in [1.54, 1.807) is 6.07 Å². The van der Waals surface area contributed by atoms with E-state index in [0.29, 0.717) is 15.1 Å². The van der Waals surface area contributed by atoms with Crippen LogP contribution >= 0.6 is 103 Å². The average Bonchev–Trinajstić information content (AvgIpc) is 2.30. The van der Waals surface area contributed by atoms with Crippen LogP contribution in [0.4, 0.5) is 0 Å². The topological polar surface area (TPSA) is 0 Å². The molecule has 0 aliphatic heterocycles. The SMILES string of the molecule is Clc1cc(Cl)c(Cl)c(-c2c(I)c[c]c(I)c2I)c1. The van der Waals surface area contributed by atoms with Crippen LogP contribution in [0.5, 0.6) is 0 Å². The molecule has 0 aliphatic carbocycles. The van der Waals surface area contributed by atoms with E-state index in [-0.39, 0.29) is 0 Å². The van der Waals surface area contributed by atoms with Crippen molar-refractivity contribution in [1.29, 1.82) is 0 Å². The molecular formula is C12H3Cl3I3. The fourth-order valence-electron chi connectivity index (χ4n) is 1.46. The van der Waals surface area contributed by atoms with Crippen LogP contribution in [0, 0.1) is 16.8 Å². The van der Waals surface area contributed by atoms with Gasteiger partial charge < -0.3 is 0 Å². The highest BCUT2D eigenvalue weighted by Crippen LogP contribution is 2.41. The summed E-state index contributed by atoms with van der Waals surface area (Å²) in [5.74, 6) is 0. The Labute approximate surface area is 161 Å². The van der Waals surface area contributed by atoms with Crippen LogP contribution in [0.1, 0.15) is 0 Å². The number of hydrogen-bond donors (Lipinski definition) is 0. The van der Waals surface area contributed by atoms with Crippen molar-refractivity contribution in [2.75, 3.05) is 0 Å². The van der Waals surface area contributed by atoms with Crippen molar-refractivity contribution in [3.05, 3.63) is 50.0 Å². The predicted octanol–water partition coefficient (Wildman–Crippen LogP) is 6.93. The maximum Gasteiger partial charge on any atom is 0.0672 e. The summed E-state index contributed by atoms with van der Waals surface area (Å²) in [6, 6.07) is 8.61. The molecule has 0 saturated heterocycles. The van der Waals surface area contributed by atoms with Crippen molar-refractivity contribution in [2.24, 2.45) is 0 Å². The van der Waals surface area contributed by atoms with E-state index >= 15 is 0 Å². The van der Waals surface area contributed by atoms with Crippen molar-refractivity contribution < 1.29 is 0 Å². The van der Waals surface area contributed by atoms with Crippen molar-refractivity contribution in [2.45, 2.75) is 0 Å². The van der Waals surface area contributed by atoms with Gasteiger partial charge in [0.25, 0.3) is 0 Å². The molecule has 0 aromatic heterocycles. The Morgan fingerprint density at radius 3 is 2.33 bits per heavy atom. The van der Waals surface area contributed by atoms with E-state index in [2.05, 4.69) is 73.8 Å². The second kappa shape index (κ2) is 6.51. The summed E-state index contributed by atoms with van der Waals surface area (Å²) in [5, 5.41) is 1.57. The molecule has 0 saturated carbocycles. The molecule has 1 radical (unpaired) electrons. The van der Waals surface area contributed by atoms with E-state index in [0.717, 1.165) is 21.8 Å². The Balaban J connectivity index is 2.81. The zero-order valence-electron chi connectivity index (χ0n) is 8.50. The molecule has 0 aliphatic rings. The standard InChI is InChI=1S/C12H3Cl3I3/c13-5-3-6(11(15)7(14)4-5)10-8(16)1-2-9(17)12(10)18/h1,3-4H. The third-order valence-corrected chi connectivity index (χ3v) is 7.07. The van der Waals surface area contributed by atoms with Crippen LogP contribution in [0.15, 0.2) is 18.2 Å². The normalized spacial score (nSPS) is 10.8. The zero-order valence-corrected chi connectivity index (χ0v) is 17.2. The summed E-state index contributed by atoms with van der Waals surface area (Å²) >= 11 is 25.2. The zero-order chi connectivity index (χ0) is 13.4. The van der Waals surface area contributed by atoms with E-state index in [9.17, 15) is 0 Å². The van der Waals surface area contributed by atoms with Gasteiger partial charge in [-0.2, -0.15) is 0 Å². The molecule has 0 fully saturated rings. The van der Waals surface area contributed by atoms with Gasteiger partial charge >= 0.3 is 0 Å². The minimum Gasteiger partial charge on any atom is -0.0843 e. The third kappa shape index (κ3) is 3.21. The Hall–Kier alpha value is 1.50. The van der Waals surface area contributed by atoms with Gasteiger partial charge in [-0.15, -0.1) is 0 Å². The molecule has 2 rings (SSSR count). The second-order valence-electron chi connectivity index (χ2n) is 3.39. The Kier molecular flexibility index (Phi) is 5.74. The third-order valence-electron chi connectivity index (χ3n) is 2.24. The fourth-order valence-corrected chi connectivity index (χ4v) is 4.55. The van der Waals surface area contributed by atoms with Crippen LogP contribution in [0.3, 0.4) is 0 Å². The largest absolute Gasteiger partial charge is 0.0843 e. The highest BCUT2D eigenvalue weighted by atomic mass is 127. The second-order valence-corrected chi connectivity index (χ2v) is 7.93. The molecule has 0 unspecified atom stereocenters. The van der Waals surface area contributed by atoms with Crippen LogP contribution < -0.4 is 0 Å². The molecule has 0 amide bonds. The van der Waals surface area contributed by atoms with Gasteiger partial charge in [-0.25, -0.2) is 0 Å². The van der Waals surface area contributed by atoms with E-state index < -0.39 is 0 Å². The van der Waals surface area contributed by atoms with Gasteiger partial charge in [0.15, 0.2) is 0 Å². The number of rotatable bonds is 1. The summed E-state index contributed by atoms with van der Waals surface area (Å²) in [4.78, 5) is 0. The quantitative estimate of drug-likeness (QED) is 0.236. The predicted molar refractivity (Wildman–Crippen MR) is 104 cm³/mol. The Morgan fingerprint density at radius 2 is 1.67 bits per heavy atom. The van der Waals surface area contributed by atoms with Crippen LogP contribution in [-0.2, 0) is 0 Å². The number of hydrogen-bond acceptors (Lipinski definition) is 0. The minimum absolute atomic E-state index is 0.466. The summed E-state index contributed by atoms with van der Waals surface area (Å²) in [5.41, 5.74) is 1.91. The Morgan fingerprint density at radius 1 is 1.00 bits per heavy atom. The van der Waals surface area contributed by atoms with Crippen LogP contribution in [-0.4, -0.2) is 0 Å². The lowest BCUT2D eigenvalue weighted by Crippen LogP contribution is -1.93. The minimum atomic E-state index is 0.466. The van der Waals surface area contributed by atoms with Crippen molar-refractivity contribution in [1.82, 2.24) is 0 Å². The molecule has 0 nitrogen and oxygen atoms in total. The molecule has 0 heterocycles. The average molecular weight is 634 g/mol. The maximum absolute atomic E-state index is 6.29. The lowest BCUT2D eigenvalue weighted by molar-refractivity contribution is 1.49. The fraction of sp³-hybridized carbons (Fsp3) is 0. The van der Waals surface area contributed by atoms with Gasteiger partial charge in [0.05, 0.1) is 10.0 Å². The highest BCUT2D eigenvalue weighted by molar-refractivity contribution is 14.1. The van der Waals surface area contributed by atoms with E-state index in [1.165, 1.54) is 0 Å². The molecular weight excluding hydrogens is 631 g/mol. The first-order chi connectivity index (χ1) is 8.41. The van der Waals surface area contributed by atoms with Crippen LogP contribution in [0.2, 0.25) is 15.1 Å². The lowest BCUT2D eigenvalue weighted by Gasteiger charge is -2.12. The van der Waals surface area contributed by atoms with Crippen molar-refractivity contribution >= 4 is 103 Å². The molecule has 2 aromatic carbocycles. The summed E-state index contributed by atoms with van der Waals surface area (Å²) in [6.45, 7) is 0. The maximum atomic E-state index is 6.29. The van der Waals surface area contributed by atoms with Crippen LogP contribution in [0.25, 0.3) is 11.1 Å². The smallest absolute Gasteiger partial charge is 0.0672 e. The molecule has 2 aromatic rings. The monoisotopic (exact) mass is 633 g/mol. The van der Waals surface area contributed by atoms with E-state index in [1.807, 2.05) is 12.1 Å². The number of halogens is 6. The van der Waals surface area contributed by atoms with Gasteiger partial charge in [0.2, 0.25) is 0 Å². The summed E-state index contributed by atoms with van der Waals surface area (Å²) in [7, 11) is 0. The molecule has 18 heavy (non-hydrogen) atoms. The molecule has 6 heteroatoms. The molecule has 93 valence electrons. The first kappa shape index (κ1) is 15.9. The van der Waals surface area contributed by atoms with Gasteiger partial charge in [-0.1, -0.05) is 34.8 Å². The molecule has 0 N–H and O–H groups in total. The van der Waals surface area contributed by atoms with Crippen molar-refractivity contribution in [3.63, 3.8) is 0 Å². The summed E-state index contributed by atoms with van der Waals surface area (Å²) in [6.07, 6.45) is 0. The first-order valence-electron chi connectivity index (χ1n) is 4.62.